The quantitative estimate of drug-likeness (QED) is 0.646. The molecule has 0 aliphatic heterocycles. The van der Waals surface area contributed by atoms with Gasteiger partial charge >= 0.3 is 0 Å². The first kappa shape index (κ1) is 14.6. The molecule has 3 N–H and O–H groups in total. The second-order valence-electron chi connectivity index (χ2n) is 4.98. The third-order valence-electron chi connectivity index (χ3n) is 3.51. The first-order valence-electron chi connectivity index (χ1n) is 5.81. The number of nitrogens with one attached hydrogen (secondary N) is 1. The maximum atomic E-state index is 13.4. The molecular formula is C13H20BrFN2. The van der Waals surface area contributed by atoms with Gasteiger partial charge in [0, 0.05) is 6.04 Å². The van der Waals surface area contributed by atoms with Crippen LogP contribution in [0.1, 0.15) is 32.8 Å². The molecule has 96 valence electrons. The summed E-state index contributed by atoms with van der Waals surface area (Å²) in [6, 6.07) is 5.21. The maximum absolute atomic E-state index is 13.4. The molecule has 1 aromatic carbocycles. The fourth-order valence-corrected chi connectivity index (χ4v) is 2.16. The van der Waals surface area contributed by atoms with Crippen LogP contribution in [0.25, 0.3) is 0 Å². The average molecular weight is 303 g/mol. The van der Waals surface area contributed by atoms with Gasteiger partial charge < -0.3 is 0 Å². The third-order valence-corrected chi connectivity index (χ3v) is 4.40. The van der Waals surface area contributed by atoms with Crippen molar-refractivity contribution in [1.82, 2.24) is 5.43 Å². The van der Waals surface area contributed by atoms with E-state index in [0.717, 1.165) is 12.0 Å². The molecule has 0 fully saturated rings. The van der Waals surface area contributed by atoms with Crippen LogP contribution in [0.2, 0.25) is 0 Å². The number of hydrogen-bond donors (Lipinski definition) is 2. The lowest BCUT2D eigenvalue weighted by Gasteiger charge is -2.33. The number of halogens is 2. The van der Waals surface area contributed by atoms with Gasteiger partial charge in [-0.15, -0.1) is 0 Å². The van der Waals surface area contributed by atoms with Gasteiger partial charge in [-0.1, -0.05) is 32.9 Å². The van der Waals surface area contributed by atoms with Gasteiger partial charge in [-0.3, -0.25) is 11.3 Å². The van der Waals surface area contributed by atoms with E-state index in [1.807, 2.05) is 6.07 Å². The van der Waals surface area contributed by atoms with Gasteiger partial charge in [0.25, 0.3) is 0 Å². The number of nitrogens with two attached hydrogens (primary N) is 1. The van der Waals surface area contributed by atoms with E-state index in [1.54, 1.807) is 6.07 Å². The molecule has 0 heterocycles. The van der Waals surface area contributed by atoms with Crippen LogP contribution in [-0.2, 0) is 6.42 Å². The summed E-state index contributed by atoms with van der Waals surface area (Å²) in [6.07, 6.45) is 1.71. The monoisotopic (exact) mass is 302 g/mol. The van der Waals surface area contributed by atoms with Crippen molar-refractivity contribution in [3.8, 4) is 0 Å². The zero-order valence-electron chi connectivity index (χ0n) is 10.6. The van der Waals surface area contributed by atoms with E-state index in [9.17, 15) is 4.39 Å². The van der Waals surface area contributed by atoms with Gasteiger partial charge in [0.2, 0.25) is 0 Å². The van der Waals surface area contributed by atoms with Crippen molar-refractivity contribution < 1.29 is 4.39 Å². The van der Waals surface area contributed by atoms with Crippen LogP contribution in [0, 0.1) is 11.2 Å². The van der Waals surface area contributed by atoms with E-state index in [1.165, 1.54) is 6.07 Å². The van der Waals surface area contributed by atoms with Crippen molar-refractivity contribution in [2.24, 2.45) is 11.3 Å². The predicted molar refractivity (Wildman–Crippen MR) is 73.0 cm³/mol. The molecular weight excluding hydrogens is 283 g/mol. The molecule has 17 heavy (non-hydrogen) atoms. The second-order valence-corrected chi connectivity index (χ2v) is 5.77. The summed E-state index contributed by atoms with van der Waals surface area (Å²) in [4.78, 5) is 0. The molecule has 0 saturated carbocycles. The highest BCUT2D eigenvalue weighted by atomic mass is 79.9. The minimum Gasteiger partial charge on any atom is -0.271 e. The van der Waals surface area contributed by atoms with Gasteiger partial charge in [-0.2, -0.15) is 0 Å². The predicted octanol–water partition coefficient (Wildman–Crippen LogP) is 3.40. The largest absolute Gasteiger partial charge is 0.271 e. The molecule has 1 atom stereocenters. The molecule has 0 aliphatic rings. The van der Waals surface area contributed by atoms with Gasteiger partial charge in [-0.25, -0.2) is 4.39 Å². The fourth-order valence-electron chi connectivity index (χ4n) is 1.73. The van der Waals surface area contributed by atoms with Crippen molar-refractivity contribution in [3.63, 3.8) is 0 Å². The summed E-state index contributed by atoms with van der Waals surface area (Å²) in [5.41, 5.74) is 3.85. The summed E-state index contributed by atoms with van der Waals surface area (Å²) in [7, 11) is 0. The highest BCUT2D eigenvalue weighted by molar-refractivity contribution is 9.10. The van der Waals surface area contributed by atoms with Crippen LogP contribution in [-0.4, -0.2) is 6.04 Å². The van der Waals surface area contributed by atoms with Crippen LogP contribution in [0.4, 0.5) is 4.39 Å². The Labute approximate surface area is 111 Å². The summed E-state index contributed by atoms with van der Waals surface area (Å²) in [6.45, 7) is 6.44. The van der Waals surface area contributed by atoms with E-state index in [-0.39, 0.29) is 17.3 Å². The third kappa shape index (κ3) is 3.50. The minimum absolute atomic E-state index is 0.0699. The number of hydrazine groups is 1. The Bertz CT molecular complexity index is 380. The SMILES string of the molecule is CCC(C)(C)C(Cc1cccc(F)c1Br)NN. The van der Waals surface area contributed by atoms with Gasteiger partial charge in [-0.05, 0) is 45.8 Å². The molecule has 1 rings (SSSR count). The molecule has 0 aliphatic carbocycles. The zero-order chi connectivity index (χ0) is 13.1. The van der Waals surface area contributed by atoms with Crippen LogP contribution in [0.5, 0.6) is 0 Å². The Morgan fingerprint density at radius 2 is 2.12 bits per heavy atom. The van der Waals surface area contributed by atoms with Gasteiger partial charge in [0.1, 0.15) is 5.82 Å². The Hall–Kier alpha value is -0.450. The molecule has 1 aromatic rings. The summed E-state index contributed by atoms with van der Waals surface area (Å²) in [5, 5.41) is 0. The molecule has 0 amide bonds. The smallest absolute Gasteiger partial charge is 0.137 e. The molecule has 0 bridgehead atoms. The van der Waals surface area contributed by atoms with E-state index in [2.05, 4.69) is 42.1 Å². The van der Waals surface area contributed by atoms with Crippen LogP contribution >= 0.6 is 15.9 Å². The number of hydrogen-bond acceptors (Lipinski definition) is 2. The Morgan fingerprint density at radius 1 is 1.47 bits per heavy atom. The van der Waals surface area contributed by atoms with Crippen molar-refractivity contribution >= 4 is 15.9 Å². The molecule has 0 saturated heterocycles. The highest BCUT2D eigenvalue weighted by Gasteiger charge is 2.27. The summed E-state index contributed by atoms with van der Waals surface area (Å²) < 4.78 is 13.9. The summed E-state index contributed by atoms with van der Waals surface area (Å²) in [5.74, 6) is 5.38. The van der Waals surface area contributed by atoms with Crippen molar-refractivity contribution in [2.45, 2.75) is 39.7 Å². The van der Waals surface area contributed by atoms with Crippen molar-refractivity contribution in [3.05, 3.63) is 34.1 Å². The lowest BCUT2D eigenvalue weighted by atomic mass is 9.79. The molecule has 0 aromatic heterocycles. The molecule has 2 nitrogen and oxygen atoms in total. The van der Waals surface area contributed by atoms with Crippen LogP contribution in [0.15, 0.2) is 22.7 Å². The topological polar surface area (TPSA) is 38.0 Å². The van der Waals surface area contributed by atoms with Gasteiger partial charge in [0.05, 0.1) is 4.47 Å². The second kappa shape index (κ2) is 5.94. The summed E-state index contributed by atoms with van der Waals surface area (Å²) >= 11 is 3.28. The molecule has 0 radical (unpaired) electrons. The van der Waals surface area contributed by atoms with Crippen LogP contribution in [0.3, 0.4) is 0 Å². The van der Waals surface area contributed by atoms with E-state index >= 15 is 0 Å². The van der Waals surface area contributed by atoms with E-state index in [4.69, 9.17) is 5.84 Å². The minimum atomic E-state index is -0.229. The van der Waals surface area contributed by atoms with E-state index in [0.29, 0.717) is 10.9 Å². The molecule has 0 spiro atoms. The zero-order valence-corrected chi connectivity index (χ0v) is 12.1. The lowest BCUT2D eigenvalue weighted by molar-refractivity contribution is 0.231. The number of rotatable bonds is 5. The maximum Gasteiger partial charge on any atom is 0.137 e. The van der Waals surface area contributed by atoms with E-state index < -0.39 is 0 Å². The first-order valence-corrected chi connectivity index (χ1v) is 6.60. The standard InChI is InChI=1S/C13H20BrFN2/c1-4-13(2,3)11(17-16)8-9-6-5-7-10(15)12(9)14/h5-7,11,17H,4,8,16H2,1-3H3. The Balaban J connectivity index is 2.92. The number of benzene rings is 1. The Kier molecular flexibility index (Phi) is 5.10. The van der Waals surface area contributed by atoms with Gasteiger partial charge in [0.15, 0.2) is 0 Å². The normalized spacial score (nSPS) is 13.8. The Morgan fingerprint density at radius 3 is 2.65 bits per heavy atom. The lowest BCUT2D eigenvalue weighted by Crippen LogP contribution is -2.47. The van der Waals surface area contributed by atoms with Crippen LogP contribution < -0.4 is 11.3 Å². The fraction of sp³-hybridized carbons (Fsp3) is 0.538. The first-order chi connectivity index (χ1) is 7.92. The average Bonchev–Trinajstić information content (AvgIpc) is 2.30. The highest BCUT2D eigenvalue weighted by Crippen LogP contribution is 2.29. The van der Waals surface area contributed by atoms with Crippen molar-refractivity contribution in [2.75, 3.05) is 0 Å². The van der Waals surface area contributed by atoms with Crippen molar-refractivity contribution in [1.29, 1.82) is 0 Å². The molecule has 4 heteroatoms. The molecule has 1 unspecified atom stereocenters.